The molecule has 150 valence electrons. The average molecular weight is 403 g/mol. The zero-order valence-corrected chi connectivity index (χ0v) is 17.5. The number of nitrogens with one attached hydrogen (secondary N) is 1. The fourth-order valence-corrected chi connectivity index (χ4v) is 2.85. The number of likely N-dealkylation sites (N-methyl/N-ethyl adjacent to an activating group) is 1. The van der Waals surface area contributed by atoms with Crippen LogP contribution < -0.4 is 10.1 Å². The molecule has 5 nitrogen and oxygen atoms in total. The molecule has 0 fully saturated rings. The summed E-state index contributed by atoms with van der Waals surface area (Å²) in [4.78, 5) is 26.8. The van der Waals surface area contributed by atoms with Crippen LogP contribution in [0.5, 0.6) is 5.75 Å². The van der Waals surface area contributed by atoms with Gasteiger partial charge in [0.05, 0.1) is 0 Å². The highest BCUT2D eigenvalue weighted by Gasteiger charge is 2.26. The van der Waals surface area contributed by atoms with E-state index in [1.54, 1.807) is 30.0 Å². The Morgan fingerprint density at radius 3 is 2.43 bits per heavy atom. The number of carbonyl (C=O) groups is 2. The predicted octanol–water partition coefficient (Wildman–Crippen LogP) is 3.89. The van der Waals surface area contributed by atoms with Gasteiger partial charge in [-0.25, -0.2) is 0 Å². The highest BCUT2D eigenvalue weighted by molar-refractivity contribution is 6.31. The molecule has 0 aliphatic heterocycles. The van der Waals surface area contributed by atoms with Crippen molar-refractivity contribution >= 4 is 23.4 Å². The summed E-state index contributed by atoms with van der Waals surface area (Å²) >= 11 is 6.03. The minimum Gasteiger partial charge on any atom is -0.484 e. The lowest BCUT2D eigenvalue weighted by atomic mass is 10.1. The zero-order chi connectivity index (χ0) is 20.7. The number of halogens is 1. The number of hydrogen-bond donors (Lipinski definition) is 1. The third-order valence-electron chi connectivity index (χ3n) is 4.48. The van der Waals surface area contributed by atoms with Crippen LogP contribution in [0.1, 0.15) is 30.5 Å². The van der Waals surface area contributed by atoms with Crippen molar-refractivity contribution in [1.29, 1.82) is 0 Å². The van der Waals surface area contributed by atoms with Gasteiger partial charge in [0.2, 0.25) is 5.91 Å². The summed E-state index contributed by atoms with van der Waals surface area (Å²) < 4.78 is 5.65. The molecule has 1 unspecified atom stereocenters. The zero-order valence-electron chi connectivity index (χ0n) is 16.8. The van der Waals surface area contributed by atoms with Gasteiger partial charge in [-0.1, -0.05) is 41.4 Å². The van der Waals surface area contributed by atoms with Crippen molar-refractivity contribution in [1.82, 2.24) is 10.2 Å². The van der Waals surface area contributed by atoms with E-state index in [9.17, 15) is 9.59 Å². The van der Waals surface area contributed by atoms with E-state index in [-0.39, 0.29) is 18.4 Å². The molecule has 6 heteroatoms. The number of benzene rings is 2. The highest BCUT2D eigenvalue weighted by Crippen LogP contribution is 2.21. The Morgan fingerprint density at radius 1 is 1.14 bits per heavy atom. The maximum Gasteiger partial charge on any atom is 0.261 e. The van der Waals surface area contributed by atoms with E-state index in [1.165, 1.54) is 0 Å². The third kappa shape index (κ3) is 5.99. The Bertz CT molecular complexity index is 821. The third-order valence-corrected chi connectivity index (χ3v) is 4.91. The molecule has 0 bridgehead atoms. The summed E-state index contributed by atoms with van der Waals surface area (Å²) in [5.41, 5.74) is 2.97. The van der Waals surface area contributed by atoms with E-state index in [2.05, 4.69) is 5.32 Å². The van der Waals surface area contributed by atoms with Crippen molar-refractivity contribution in [2.24, 2.45) is 0 Å². The van der Waals surface area contributed by atoms with Crippen molar-refractivity contribution < 1.29 is 14.3 Å². The maximum atomic E-state index is 12.9. The first-order valence-corrected chi connectivity index (χ1v) is 9.71. The van der Waals surface area contributed by atoms with Gasteiger partial charge in [-0.2, -0.15) is 0 Å². The predicted molar refractivity (Wildman–Crippen MR) is 112 cm³/mol. The van der Waals surface area contributed by atoms with Crippen LogP contribution in [0.25, 0.3) is 0 Å². The van der Waals surface area contributed by atoms with Crippen LogP contribution in [-0.4, -0.2) is 35.9 Å². The number of hydrogen-bond acceptors (Lipinski definition) is 3. The quantitative estimate of drug-likeness (QED) is 0.728. The maximum absolute atomic E-state index is 12.9. The monoisotopic (exact) mass is 402 g/mol. The van der Waals surface area contributed by atoms with Gasteiger partial charge in [0, 0.05) is 18.1 Å². The van der Waals surface area contributed by atoms with Crippen LogP contribution in [-0.2, 0) is 16.1 Å². The van der Waals surface area contributed by atoms with Crippen LogP contribution in [0.4, 0.5) is 0 Å². The minimum atomic E-state index is -0.607. The molecule has 0 aromatic heterocycles. The Morgan fingerprint density at radius 2 is 1.82 bits per heavy atom. The van der Waals surface area contributed by atoms with E-state index in [1.807, 2.05) is 45.0 Å². The molecule has 0 radical (unpaired) electrons. The van der Waals surface area contributed by atoms with Crippen molar-refractivity contribution in [2.75, 3.05) is 13.2 Å². The molecule has 2 aromatic carbocycles. The molecule has 1 atom stereocenters. The highest BCUT2D eigenvalue weighted by atomic mass is 35.5. The fourth-order valence-electron chi connectivity index (χ4n) is 2.73. The number of amides is 2. The van der Waals surface area contributed by atoms with Gasteiger partial charge < -0.3 is 15.0 Å². The molecule has 0 spiro atoms. The lowest BCUT2D eigenvalue weighted by molar-refractivity contribution is -0.142. The topological polar surface area (TPSA) is 58.6 Å². The van der Waals surface area contributed by atoms with Crippen LogP contribution in [0.3, 0.4) is 0 Å². The van der Waals surface area contributed by atoms with Crippen LogP contribution in [0.15, 0.2) is 42.5 Å². The normalized spacial score (nSPS) is 11.6. The average Bonchev–Trinajstić information content (AvgIpc) is 2.68. The second-order valence-corrected chi connectivity index (χ2v) is 7.18. The van der Waals surface area contributed by atoms with E-state index < -0.39 is 6.04 Å². The lowest BCUT2D eigenvalue weighted by Gasteiger charge is -2.28. The van der Waals surface area contributed by atoms with Gasteiger partial charge in [-0.15, -0.1) is 0 Å². The van der Waals surface area contributed by atoms with Crippen molar-refractivity contribution in [2.45, 2.75) is 40.3 Å². The number of nitrogens with zero attached hydrogens (tertiary/aromatic N) is 1. The first-order chi connectivity index (χ1) is 13.3. The molecule has 0 saturated carbocycles. The standard InChI is InChI=1S/C22H27ClN2O3/c1-5-24-22(27)17(4)25(13-18-8-6-15(2)7-9-18)21(26)14-28-19-10-11-20(23)16(3)12-19/h6-12,17H,5,13-14H2,1-4H3,(H,24,27). The van der Waals surface area contributed by atoms with Gasteiger partial charge in [0.25, 0.3) is 5.91 Å². The molecule has 0 aliphatic rings. The van der Waals surface area contributed by atoms with E-state index >= 15 is 0 Å². The molecule has 2 aromatic rings. The van der Waals surface area contributed by atoms with Crippen LogP contribution in [0, 0.1) is 13.8 Å². The van der Waals surface area contributed by atoms with Crippen LogP contribution in [0.2, 0.25) is 5.02 Å². The molecule has 0 aliphatic carbocycles. The summed E-state index contributed by atoms with van der Waals surface area (Å²) in [7, 11) is 0. The fraction of sp³-hybridized carbons (Fsp3) is 0.364. The van der Waals surface area contributed by atoms with Gasteiger partial charge in [0.15, 0.2) is 6.61 Å². The van der Waals surface area contributed by atoms with E-state index in [0.29, 0.717) is 23.9 Å². The van der Waals surface area contributed by atoms with Gasteiger partial charge >= 0.3 is 0 Å². The summed E-state index contributed by atoms with van der Waals surface area (Å²) in [5.74, 6) is 0.119. The molecular formula is C22H27ClN2O3. The summed E-state index contributed by atoms with van der Waals surface area (Å²) in [6, 6.07) is 12.5. The second-order valence-electron chi connectivity index (χ2n) is 6.78. The Kier molecular flexibility index (Phi) is 7.88. The van der Waals surface area contributed by atoms with Crippen LogP contribution >= 0.6 is 11.6 Å². The minimum absolute atomic E-state index is 0.156. The Hall–Kier alpha value is -2.53. The molecule has 0 saturated heterocycles. The Balaban J connectivity index is 2.13. The molecule has 28 heavy (non-hydrogen) atoms. The summed E-state index contributed by atoms with van der Waals surface area (Å²) in [6.45, 7) is 8.14. The molecule has 2 rings (SSSR count). The lowest BCUT2D eigenvalue weighted by Crippen LogP contribution is -2.49. The number of carbonyl (C=O) groups excluding carboxylic acids is 2. The van der Waals surface area contributed by atoms with E-state index in [4.69, 9.17) is 16.3 Å². The first kappa shape index (κ1) is 21.8. The first-order valence-electron chi connectivity index (χ1n) is 9.33. The van der Waals surface area contributed by atoms with Crippen molar-refractivity contribution in [3.8, 4) is 5.75 Å². The molecule has 0 heterocycles. The van der Waals surface area contributed by atoms with Gasteiger partial charge in [-0.05, 0) is 57.0 Å². The second kappa shape index (κ2) is 10.1. The SMILES string of the molecule is CCNC(=O)C(C)N(Cc1ccc(C)cc1)C(=O)COc1ccc(Cl)c(C)c1. The number of rotatable bonds is 8. The van der Waals surface area contributed by atoms with Crippen molar-refractivity contribution in [3.05, 3.63) is 64.2 Å². The number of aryl methyl sites for hydroxylation is 2. The summed E-state index contributed by atoms with van der Waals surface area (Å²) in [6.07, 6.45) is 0. The van der Waals surface area contributed by atoms with Crippen molar-refractivity contribution in [3.63, 3.8) is 0 Å². The molecular weight excluding hydrogens is 376 g/mol. The summed E-state index contributed by atoms with van der Waals surface area (Å²) in [5, 5.41) is 3.42. The van der Waals surface area contributed by atoms with Gasteiger partial charge in [-0.3, -0.25) is 9.59 Å². The van der Waals surface area contributed by atoms with E-state index in [0.717, 1.165) is 16.7 Å². The number of ether oxygens (including phenoxy) is 1. The Labute approximate surface area is 171 Å². The molecule has 2 amide bonds. The van der Waals surface area contributed by atoms with Gasteiger partial charge in [0.1, 0.15) is 11.8 Å². The largest absolute Gasteiger partial charge is 0.484 e. The molecule has 1 N–H and O–H groups in total. The smallest absolute Gasteiger partial charge is 0.261 e.